The van der Waals surface area contributed by atoms with Crippen molar-refractivity contribution in [3.05, 3.63) is 28.8 Å². The van der Waals surface area contributed by atoms with Gasteiger partial charge in [0.1, 0.15) is 5.75 Å². The molecule has 0 saturated carbocycles. The highest BCUT2D eigenvalue weighted by Crippen LogP contribution is 2.27. The Balaban J connectivity index is 2.26. The van der Waals surface area contributed by atoms with Crippen LogP contribution >= 0.6 is 11.6 Å². The summed E-state index contributed by atoms with van der Waals surface area (Å²) < 4.78 is 5.71. The zero-order chi connectivity index (χ0) is 14.1. The molecule has 19 heavy (non-hydrogen) atoms. The molecule has 0 saturated heterocycles. The van der Waals surface area contributed by atoms with Crippen LogP contribution < -0.4 is 10.5 Å². The monoisotopic (exact) mass is 283 g/mol. The van der Waals surface area contributed by atoms with Gasteiger partial charge in [-0.05, 0) is 31.0 Å². The van der Waals surface area contributed by atoms with E-state index in [2.05, 4.69) is 6.92 Å². The maximum atomic E-state index is 6.17. The van der Waals surface area contributed by atoms with E-state index in [9.17, 15) is 0 Å². The van der Waals surface area contributed by atoms with Gasteiger partial charge in [-0.3, -0.25) is 0 Å². The van der Waals surface area contributed by atoms with Gasteiger partial charge in [0.25, 0.3) is 0 Å². The third-order valence-corrected chi connectivity index (χ3v) is 3.53. The number of benzene rings is 1. The highest BCUT2D eigenvalue weighted by molar-refractivity contribution is 6.32. The minimum absolute atomic E-state index is 0.00474. The normalized spacial score (nSPS) is 12.4. The zero-order valence-corrected chi connectivity index (χ0v) is 12.9. The Bertz CT molecular complexity index is 366. The molecule has 0 amide bonds. The fraction of sp³-hybridized carbons (Fsp3) is 0.625. The Hall–Kier alpha value is -0.730. The van der Waals surface area contributed by atoms with E-state index in [0.717, 1.165) is 24.3 Å². The summed E-state index contributed by atoms with van der Waals surface area (Å²) in [6.45, 7) is 4.92. The third-order valence-electron chi connectivity index (χ3n) is 3.24. The second kappa shape index (κ2) is 9.22. The lowest BCUT2D eigenvalue weighted by molar-refractivity contribution is 0.304. The molecule has 2 N–H and O–H groups in total. The van der Waals surface area contributed by atoms with Crippen molar-refractivity contribution in [2.75, 3.05) is 6.61 Å². The first-order valence-electron chi connectivity index (χ1n) is 7.33. The van der Waals surface area contributed by atoms with E-state index in [-0.39, 0.29) is 6.04 Å². The summed E-state index contributed by atoms with van der Waals surface area (Å²) >= 11 is 6.17. The van der Waals surface area contributed by atoms with Gasteiger partial charge in [-0.25, -0.2) is 0 Å². The molecular formula is C16H26ClNO. The summed E-state index contributed by atoms with van der Waals surface area (Å²) in [4.78, 5) is 0. The molecule has 1 aromatic carbocycles. The molecule has 1 atom stereocenters. The van der Waals surface area contributed by atoms with E-state index >= 15 is 0 Å². The molecule has 0 aliphatic rings. The Morgan fingerprint density at radius 1 is 1.16 bits per heavy atom. The number of hydrogen-bond donors (Lipinski definition) is 1. The molecule has 0 heterocycles. The average molecular weight is 284 g/mol. The van der Waals surface area contributed by atoms with Crippen molar-refractivity contribution in [3.63, 3.8) is 0 Å². The maximum absolute atomic E-state index is 6.17. The summed E-state index contributed by atoms with van der Waals surface area (Å²) in [5.41, 5.74) is 6.85. The van der Waals surface area contributed by atoms with Crippen LogP contribution in [0, 0.1) is 0 Å². The molecule has 2 nitrogen and oxygen atoms in total. The molecule has 0 fully saturated rings. The van der Waals surface area contributed by atoms with Crippen molar-refractivity contribution in [1.29, 1.82) is 0 Å². The quantitative estimate of drug-likeness (QED) is 0.640. The Labute approximate surface area is 122 Å². The standard InChI is InChI=1S/C16H26ClNO/c1-3-4-5-6-7-8-11-19-16-10-9-14(13(2)18)12-15(16)17/h9-10,12-13H,3-8,11,18H2,1-2H3/t13-/m0/s1. The Kier molecular flexibility index (Phi) is 7.92. The van der Waals surface area contributed by atoms with Gasteiger partial charge in [-0.2, -0.15) is 0 Å². The summed E-state index contributed by atoms with van der Waals surface area (Å²) in [7, 11) is 0. The molecule has 108 valence electrons. The second-order valence-electron chi connectivity index (χ2n) is 5.09. The average Bonchev–Trinajstić information content (AvgIpc) is 2.39. The van der Waals surface area contributed by atoms with Crippen LogP contribution in [-0.2, 0) is 0 Å². The van der Waals surface area contributed by atoms with Crippen LogP contribution in [0.1, 0.15) is 64.0 Å². The lowest BCUT2D eigenvalue weighted by Crippen LogP contribution is -2.05. The molecular weight excluding hydrogens is 258 g/mol. The molecule has 0 aliphatic carbocycles. The van der Waals surface area contributed by atoms with Crippen LogP contribution in [-0.4, -0.2) is 6.61 Å². The first kappa shape index (κ1) is 16.3. The van der Waals surface area contributed by atoms with E-state index in [0.29, 0.717) is 5.02 Å². The molecule has 1 aromatic rings. The lowest BCUT2D eigenvalue weighted by Gasteiger charge is -2.11. The highest BCUT2D eigenvalue weighted by Gasteiger charge is 2.05. The second-order valence-corrected chi connectivity index (χ2v) is 5.50. The van der Waals surface area contributed by atoms with E-state index in [1.54, 1.807) is 0 Å². The fourth-order valence-electron chi connectivity index (χ4n) is 1.98. The molecule has 0 spiro atoms. The van der Waals surface area contributed by atoms with Crippen molar-refractivity contribution < 1.29 is 4.74 Å². The predicted molar refractivity (Wildman–Crippen MR) is 82.9 cm³/mol. The first-order chi connectivity index (χ1) is 9.15. The number of unbranched alkanes of at least 4 members (excludes halogenated alkanes) is 5. The number of halogens is 1. The Morgan fingerprint density at radius 2 is 1.84 bits per heavy atom. The van der Waals surface area contributed by atoms with Gasteiger partial charge in [0.15, 0.2) is 0 Å². The zero-order valence-electron chi connectivity index (χ0n) is 12.1. The SMILES string of the molecule is CCCCCCCCOc1ccc([C@H](C)N)cc1Cl. The smallest absolute Gasteiger partial charge is 0.137 e. The maximum Gasteiger partial charge on any atom is 0.137 e. The summed E-state index contributed by atoms with van der Waals surface area (Å²) in [5, 5.41) is 0.654. The van der Waals surface area contributed by atoms with E-state index in [1.807, 2.05) is 25.1 Å². The van der Waals surface area contributed by atoms with E-state index < -0.39 is 0 Å². The lowest BCUT2D eigenvalue weighted by atomic mass is 10.1. The summed E-state index contributed by atoms with van der Waals surface area (Å²) in [6.07, 6.45) is 7.59. The van der Waals surface area contributed by atoms with Crippen LogP contribution in [0.3, 0.4) is 0 Å². The highest BCUT2D eigenvalue weighted by atomic mass is 35.5. The van der Waals surface area contributed by atoms with Crippen LogP contribution in [0.25, 0.3) is 0 Å². The minimum atomic E-state index is 0.00474. The summed E-state index contributed by atoms with van der Waals surface area (Å²) in [5.74, 6) is 0.764. The van der Waals surface area contributed by atoms with Gasteiger partial charge in [-0.1, -0.05) is 56.7 Å². The predicted octanol–water partition coefficient (Wildman–Crippen LogP) is 5.10. The minimum Gasteiger partial charge on any atom is -0.492 e. The summed E-state index contributed by atoms with van der Waals surface area (Å²) in [6, 6.07) is 5.79. The number of ether oxygens (including phenoxy) is 1. The molecule has 3 heteroatoms. The van der Waals surface area contributed by atoms with E-state index in [4.69, 9.17) is 22.1 Å². The van der Waals surface area contributed by atoms with Crippen molar-refractivity contribution in [3.8, 4) is 5.75 Å². The fourth-order valence-corrected chi connectivity index (χ4v) is 2.23. The largest absolute Gasteiger partial charge is 0.492 e. The molecule has 0 aromatic heterocycles. The number of nitrogens with two attached hydrogens (primary N) is 1. The van der Waals surface area contributed by atoms with Gasteiger partial charge < -0.3 is 10.5 Å². The third kappa shape index (κ3) is 6.31. The van der Waals surface area contributed by atoms with Crippen LogP contribution in [0.2, 0.25) is 5.02 Å². The molecule has 1 rings (SSSR count). The number of hydrogen-bond acceptors (Lipinski definition) is 2. The van der Waals surface area contributed by atoms with Gasteiger partial charge in [0, 0.05) is 6.04 Å². The Morgan fingerprint density at radius 3 is 2.47 bits per heavy atom. The van der Waals surface area contributed by atoms with Crippen molar-refractivity contribution in [1.82, 2.24) is 0 Å². The van der Waals surface area contributed by atoms with Crippen LogP contribution in [0.5, 0.6) is 5.75 Å². The van der Waals surface area contributed by atoms with Gasteiger partial charge in [-0.15, -0.1) is 0 Å². The van der Waals surface area contributed by atoms with Crippen LogP contribution in [0.4, 0.5) is 0 Å². The molecule has 0 bridgehead atoms. The topological polar surface area (TPSA) is 35.2 Å². The number of rotatable bonds is 9. The molecule has 0 radical (unpaired) electrons. The van der Waals surface area contributed by atoms with Crippen molar-refractivity contribution >= 4 is 11.6 Å². The van der Waals surface area contributed by atoms with Crippen molar-refractivity contribution in [2.45, 2.75) is 58.4 Å². The van der Waals surface area contributed by atoms with Crippen LogP contribution in [0.15, 0.2) is 18.2 Å². The molecule has 0 unspecified atom stereocenters. The first-order valence-corrected chi connectivity index (χ1v) is 7.70. The van der Waals surface area contributed by atoms with Gasteiger partial charge in [0.05, 0.1) is 11.6 Å². The van der Waals surface area contributed by atoms with E-state index in [1.165, 1.54) is 32.1 Å². The molecule has 0 aliphatic heterocycles. The van der Waals surface area contributed by atoms with Gasteiger partial charge >= 0.3 is 0 Å². The van der Waals surface area contributed by atoms with Gasteiger partial charge in [0.2, 0.25) is 0 Å². The van der Waals surface area contributed by atoms with Crippen molar-refractivity contribution in [2.24, 2.45) is 5.73 Å².